The summed E-state index contributed by atoms with van der Waals surface area (Å²) < 4.78 is 0. The Morgan fingerprint density at radius 1 is 0.914 bits per heavy atom. The second-order valence-corrected chi connectivity index (χ2v) is 10.6. The van der Waals surface area contributed by atoms with E-state index < -0.39 is 0 Å². The normalized spacial score (nSPS) is 17.5. The van der Waals surface area contributed by atoms with E-state index in [4.69, 9.17) is 0 Å². The fourth-order valence-corrected chi connectivity index (χ4v) is 5.86. The standard InChI is InChI=1S/C27H33N5O2S/c33-26(29-23-5-3-4-21(16-23)19-31-12-14-35-15-13-31)20-30-8-10-32(11-9-30)27(34)17-22-18-28-25-7-2-1-6-24(22)25/h1-7,16,18,28H,8-15,17,19-20H2,(H,29,33). The van der Waals surface area contributed by atoms with Crippen LogP contribution in [0.5, 0.6) is 0 Å². The van der Waals surface area contributed by atoms with E-state index in [1.807, 2.05) is 59.3 Å². The van der Waals surface area contributed by atoms with E-state index in [0.29, 0.717) is 39.1 Å². The molecule has 0 spiro atoms. The summed E-state index contributed by atoms with van der Waals surface area (Å²) in [4.78, 5) is 35.3. The Balaban J connectivity index is 1.07. The number of amides is 2. The van der Waals surface area contributed by atoms with E-state index in [1.54, 1.807) is 0 Å². The summed E-state index contributed by atoms with van der Waals surface area (Å²) in [7, 11) is 0. The lowest BCUT2D eigenvalue weighted by atomic mass is 10.1. The van der Waals surface area contributed by atoms with Crippen LogP contribution < -0.4 is 5.32 Å². The second-order valence-electron chi connectivity index (χ2n) is 9.33. The molecule has 8 heteroatoms. The number of para-hydroxylation sites is 1. The van der Waals surface area contributed by atoms with Gasteiger partial charge >= 0.3 is 0 Å². The highest BCUT2D eigenvalue weighted by molar-refractivity contribution is 7.99. The van der Waals surface area contributed by atoms with Gasteiger partial charge in [0.2, 0.25) is 11.8 Å². The summed E-state index contributed by atoms with van der Waals surface area (Å²) >= 11 is 2.01. The summed E-state index contributed by atoms with van der Waals surface area (Å²) in [5, 5.41) is 4.17. The monoisotopic (exact) mass is 491 g/mol. The number of anilines is 1. The minimum atomic E-state index is -0.00454. The van der Waals surface area contributed by atoms with Crippen LogP contribution in [0.15, 0.2) is 54.7 Å². The van der Waals surface area contributed by atoms with Gasteiger partial charge in [0.25, 0.3) is 0 Å². The number of hydrogen-bond acceptors (Lipinski definition) is 5. The Labute approximate surface area is 210 Å². The predicted molar refractivity (Wildman–Crippen MR) is 143 cm³/mol. The molecule has 2 aliphatic heterocycles. The molecule has 2 aliphatic rings. The number of nitrogens with one attached hydrogen (secondary N) is 2. The molecule has 0 saturated carbocycles. The van der Waals surface area contributed by atoms with Crippen molar-refractivity contribution in [3.05, 3.63) is 65.9 Å². The first-order valence-corrected chi connectivity index (χ1v) is 13.5. The summed E-state index contributed by atoms with van der Waals surface area (Å²) in [5.41, 5.74) is 4.18. The van der Waals surface area contributed by atoms with E-state index in [1.165, 1.54) is 17.1 Å². The number of piperazine rings is 1. The molecule has 184 valence electrons. The van der Waals surface area contributed by atoms with Gasteiger partial charge in [-0.15, -0.1) is 0 Å². The highest BCUT2D eigenvalue weighted by atomic mass is 32.2. The molecular weight excluding hydrogens is 458 g/mol. The smallest absolute Gasteiger partial charge is 0.238 e. The molecule has 3 aromatic rings. The van der Waals surface area contributed by atoms with Gasteiger partial charge in [-0.3, -0.25) is 19.4 Å². The fourth-order valence-electron chi connectivity index (χ4n) is 4.88. The van der Waals surface area contributed by atoms with Gasteiger partial charge in [0, 0.05) is 80.1 Å². The number of aromatic nitrogens is 1. The summed E-state index contributed by atoms with van der Waals surface area (Å²) in [6.45, 7) is 6.24. The first kappa shape index (κ1) is 23.9. The number of benzene rings is 2. The van der Waals surface area contributed by atoms with Gasteiger partial charge in [0.05, 0.1) is 13.0 Å². The number of carbonyl (C=O) groups excluding carboxylic acids is 2. The predicted octanol–water partition coefficient (Wildman–Crippen LogP) is 3.04. The van der Waals surface area contributed by atoms with Gasteiger partial charge in [0.1, 0.15) is 0 Å². The lowest BCUT2D eigenvalue weighted by molar-refractivity contribution is -0.132. The third-order valence-corrected chi connectivity index (χ3v) is 7.77. The second kappa shape index (κ2) is 11.3. The zero-order valence-corrected chi connectivity index (χ0v) is 20.9. The molecule has 7 nitrogen and oxygen atoms in total. The Kier molecular flexibility index (Phi) is 7.71. The van der Waals surface area contributed by atoms with Crippen molar-refractivity contribution in [2.24, 2.45) is 0 Å². The van der Waals surface area contributed by atoms with E-state index in [-0.39, 0.29) is 11.8 Å². The fraction of sp³-hybridized carbons (Fsp3) is 0.407. The summed E-state index contributed by atoms with van der Waals surface area (Å²) in [5.74, 6) is 2.52. The maximum absolute atomic E-state index is 12.9. The molecule has 2 N–H and O–H groups in total. The number of thioether (sulfide) groups is 1. The van der Waals surface area contributed by atoms with Crippen LogP contribution in [0.4, 0.5) is 5.69 Å². The number of fused-ring (bicyclic) bond motifs is 1. The van der Waals surface area contributed by atoms with Gasteiger partial charge in [-0.05, 0) is 29.3 Å². The van der Waals surface area contributed by atoms with Crippen molar-refractivity contribution in [3.63, 3.8) is 0 Å². The van der Waals surface area contributed by atoms with Crippen LogP contribution in [0.3, 0.4) is 0 Å². The molecule has 0 aliphatic carbocycles. The molecule has 2 amide bonds. The molecule has 0 radical (unpaired) electrons. The van der Waals surface area contributed by atoms with E-state index >= 15 is 0 Å². The SMILES string of the molecule is O=C(CN1CCN(C(=O)Cc2c[nH]c3ccccc23)CC1)Nc1cccc(CN2CCSCC2)c1. The van der Waals surface area contributed by atoms with Crippen LogP contribution in [-0.2, 0) is 22.6 Å². The maximum Gasteiger partial charge on any atom is 0.238 e. The Morgan fingerprint density at radius 3 is 2.54 bits per heavy atom. The van der Waals surface area contributed by atoms with Crippen LogP contribution in [0.1, 0.15) is 11.1 Å². The first-order chi connectivity index (χ1) is 17.1. The van der Waals surface area contributed by atoms with E-state index in [2.05, 4.69) is 32.2 Å². The topological polar surface area (TPSA) is 71.7 Å². The van der Waals surface area contributed by atoms with Crippen LogP contribution >= 0.6 is 11.8 Å². The third kappa shape index (κ3) is 6.25. The van der Waals surface area contributed by atoms with Crippen molar-refractivity contribution in [2.75, 3.05) is 62.6 Å². The van der Waals surface area contributed by atoms with Crippen molar-refractivity contribution in [1.29, 1.82) is 0 Å². The zero-order chi connectivity index (χ0) is 24.0. The number of nitrogens with zero attached hydrogens (tertiary/aromatic N) is 3. The molecule has 0 atom stereocenters. The van der Waals surface area contributed by atoms with Crippen molar-refractivity contribution in [1.82, 2.24) is 19.7 Å². The minimum Gasteiger partial charge on any atom is -0.361 e. The lowest BCUT2D eigenvalue weighted by Crippen LogP contribution is -2.50. The van der Waals surface area contributed by atoms with Crippen LogP contribution in [-0.4, -0.2) is 88.8 Å². The largest absolute Gasteiger partial charge is 0.361 e. The highest BCUT2D eigenvalue weighted by Gasteiger charge is 2.23. The molecule has 35 heavy (non-hydrogen) atoms. The zero-order valence-electron chi connectivity index (χ0n) is 20.0. The third-order valence-electron chi connectivity index (χ3n) is 6.83. The number of aromatic amines is 1. The molecule has 2 saturated heterocycles. The molecular formula is C27H33N5O2S. The van der Waals surface area contributed by atoms with Gasteiger partial charge in [0.15, 0.2) is 0 Å². The van der Waals surface area contributed by atoms with Gasteiger partial charge < -0.3 is 15.2 Å². The van der Waals surface area contributed by atoms with E-state index in [0.717, 1.165) is 41.8 Å². The molecule has 0 bridgehead atoms. The molecule has 0 unspecified atom stereocenters. The Morgan fingerprint density at radius 2 is 1.71 bits per heavy atom. The Bertz CT molecular complexity index is 1170. The van der Waals surface area contributed by atoms with Gasteiger partial charge in [-0.25, -0.2) is 0 Å². The average Bonchev–Trinajstić information content (AvgIpc) is 3.28. The molecule has 3 heterocycles. The number of rotatable bonds is 7. The van der Waals surface area contributed by atoms with Crippen LogP contribution in [0.2, 0.25) is 0 Å². The molecule has 5 rings (SSSR count). The summed E-state index contributed by atoms with van der Waals surface area (Å²) in [6.07, 6.45) is 2.33. The first-order valence-electron chi connectivity index (χ1n) is 12.4. The molecule has 2 aromatic carbocycles. The quantitative estimate of drug-likeness (QED) is 0.532. The number of carbonyl (C=O) groups is 2. The van der Waals surface area contributed by atoms with Crippen molar-refractivity contribution in [2.45, 2.75) is 13.0 Å². The molecule has 2 fully saturated rings. The van der Waals surface area contributed by atoms with Gasteiger partial charge in [-0.1, -0.05) is 30.3 Å². The van der Waals surface area contributed by atoms with E-state index in [9.17, 15) is 9.59 Å². The highest BCUT2D eigenvalue weighted by Crippen LogP contribution is 2.19. The minimum absolute atomic E-state index is 0.00454. The van der Waals surface area contributed by atoms with Crippen molar-refractivity contribution >= 4 is 40.2 Å². The lowest BCUT2D eigenvalue weighted by Gasteiger charge is -2.34. The average molecular weight is 492 g/mol. The van der Waals surface area contributed by atoms with Gasteiger partial charge in [-0.2, -0.15) is 11.8 Å². The van der Waals surface area contributed by atoms with Crippen LogP contribution in [0.25, 0.3) is 10.9 Å². The van der Waals surface area contributed by atoms with Crippen LogP contribution in [0, 0.1) is 0 Å². The Hall–Kier alpha value is -2.81. The maximum atomic E-state index is 12.9. The number of hydrogen-bond donors (Lipinski definition) is 2. The summed E-state index contributed by atoms with van der Waals surface area (Å²) in [6, 6.07) is 16.2. The molecule has 1 aromatic heterocycles. The van der Waals surface area contributed by atoms with Crippen molar-refractivity contribution in [3.8, 4) is 0 Å². The van der Waals surface area contributed by atoms with Crippen molar-refractivity contribution < 1.29 is 9.59 Å². The number of H-pyrrole nitrogens is 1.